The maximum absolute atomic E-state index is 13.4. The predicted molar refractivity (Wildman–Crippen MR) is 93.7 cm³/mol. The van der Waals surface area contributed by atoms with Gasteiger partial charge in [0.15, 0.2) is 0 Å². The molecule has 1 aliphatic heterocycles. The highest BCUT2D eigenvalue weighted by atomic mass is 19.1. The Morgan fingerprint density at radius 3 is 2.73 bits per heavy atom. The number of nitrogens with one attached hydrogen (secondary N) is 3. The fourth-order valence-electron chi connectivity index (χ4n) is 3.48. The Morgan fingerprint density at radius 2 is 1.92 bits per heavy atom. The number of hydrazine groups is 1. The largest absolute Gasteiger partial charge is 0.320 e. The molecule has 0 amide bonds. The fraction of sp³-hybridized carbons (Fsp3) is 0.111. The number of nitrogens with zero attached hydrogens (tertiary/aromatic N) is 4. The molecule has 3 N–H and O–H groups in total. The lowest BCUT2D eigenvalue weighted by Gasteiger charge is -2.24. The molecular weight excluding hydrogens is 333 g/mol. The number of aromatic amines is 1. The number of aromatic nitrogens is 5. The normalized spacial score (nSPS) is 19.1. The first-order valence-corrected chi connectivity index (χ1v) is 8.18. The average Bonchev–Trinajstić information content (AvgIpc) is 3.14. The van der Waals surface area contributed by atoms with Gasteiger partial charge in [-0.2, -0.15) is 15.3 Å². The molecule has 8 heteroatoms. The second-order valence-corrected chi connectivity index (χ2v) is 6.15. The first kappa shape index (κ1) is 14.9. The van der Waals surface area contributed by atoms with E-state index in [2.05, 4.69) is 36.2 Å². The van der Waals surface area contributed by atoms with Gasteiger partial charge >= 0.3 is 0 Å². The Hall–Kier alpha value is -3.39. The number of hydrogen-bond acceptors (Lipinski definition) is 6. The summed E-state index contributed by atoms with van der Waals surface area (Å²) in [6.07, 6.45) is 3.20. The lowest BCUT2D eigenvalue weighted by Crippen LogP contribution is -2.31. The molecule has 4 aromatic rings. The van der Waals surface area contributed by atoms with Gasteiger partial charge < -0.3 is 5.43 Å². The standard InChI is InChI=1S/C18H14FN7/c19-12-6-4-10(5-7-12)16-15(18-20-9-22-26-18)17-14-11(8-21-24-17)2-1-3-13(14)23-25-16/h1-9,15-16,23,25H,(H,20,22,26). The predicted octanol–water partition coefficient (Wildman–Crippen LogP) is 2.69. The van der Waals surface area contributed by atoms with Gasteiger partial charge in [-0.3, -0.25) is 5.10 Å². The Bertz CT molecular complexity index is 1060. The summed E-state index contributed by atoms with van der Waals surface area (Å²) in [5.41, 5.74) is 9.18. The Kier molecular flexibility index (Phi) is 3.36. The van der Waals surface area contributed by atoms with E-state index in [0.29, 0.717) is 5.82 Å². The van der Waals surface area contributed by atoms with Gasteiger partial charge in [-0.25, -0.2) is 14.8 Å². The monoisotopic (exact) mass is 347 g/mol. The van der Waals surface area contributed by atoms with E-state index in [1.54, 1.807) is 18.3 Å². The van der Waals surface area contributed by atoms with Crippen molar-refractivity contribution in [2.24, 2.45) is 0 Å². The molecule has 2 atom stereocenters. The molecule has 26 heavy (non-hydrogen) atoms. The van der Waals surface area contributed by atoms with Crippen LogP contribution >= 0.6 is 0 Å². The Labute approximate surface area is 147 Å². The van der Waals surface area contributed by atoms with Crippen LogP contribution in [0.5, 0.6) is 0 Å². The molecule has 0 radical (unpaired) electrons. The second-order valence-electron chi connectivity index (χ2n) is 6.15. The summed E-state index contributed by atoms with van der Waals surface area (Å²) in [7, 11) is 0. The molecule has 3 heterocycles. The van der Waals surface area contributed by atoms with Crippen LogP contribution < -0.4 is 10.9 Å². The SMILES string of the molecule is Fc1ccc(C2NNc3cccc4cnnc(c34)C2c2ncn[nH]2)cc1. The van der Waals surface area contributed by atoms with Crippen molar-refractivity contribution in [3.8, 4) is 0 Å². The lowest BCUT2D eigenvalue weighted by atomic mass is 9.88. The zero-order valence-corrected chi connectivity index (χ0v) is 13.5. The van der Waals surface area contributed by atoms with Crippen LogP contribution in [-0.4, -0.2) is 25.4 Å². The van der Waals surface area contributed by atoms with Crippen molar-refractivity contribution in [3.05, 3.63) is 77.9 Å². The number of hydrogen-bond donors (Lipinski definition) is 3. The number of anilines is 1. The third-order valence-corrected chi connectivity index (χ3v) is 4.66. The van der Waals surface area contributed by atoms with Crippen molar-refractivity contribution in [2.75, 3.05) is 5.43 Å². The molecule has 0 bridgehead atoms. The first-order chi connectivity index (χ1) is 12.8. The highest BCUT2D eigenvalue weighted by molar-refractivity contribution is 5.96. The highest BCUT2D eigenvalue weighted by Crippen LogP contribution is 2.41. The van der Waals surface area contributed by atoms with E-state index < -0.39 is 0 Å². The second kappa shape index (κ2) is 5.85. The van der Waals surface area contributed by atoms with Gasteiger partial charge in [-0.15, -0.1) is 0 Å². The zero-order valence-electron chi connectivity index (χ0n) is 13.5. The summed E-state index contributed by atoms with van der Waals surface area (Å²) in [6.45, 7) is 0. The molecule has 0 aliphatic carbocycles. The van der Waals surface area contributed by atoms with Crippen molar-refractivity contribution >= 4 is 16.5 Å². The molecule has 7 nitrogen and oxygen atoms in total. The van der Waals surface area contributed by atoms with Crippen molar-refractivity contribution in [1.29, 1.82) is 0 Å². The average molecular weight is 347 g/mol. The van der Waals surface area contributed by atoms with Crippen LogP contribution in [0.25, 0.3) is 10.8 Å². The molecule has 2 aromatic heterocycles. The summed E-state index contributed by atoms with van der Waals surface area (Å²) in [5.74, 6) is 0.0964. The van der Waals surface area contributed by atoms with Gasteiger partial charge in [0.05, 0.1) is 29.5 Å². The minimum atomic E-state index is -0.282. The van der Waals surface area contributed by atoms with Crippen molar-refractivity contribution in [1.82, 2.24) is 30.8 Å². The van der Waals surface area contributed by atoms with E-state index in [1.165, 1.54) is 18.5 Å². The summed E-state index contributed by atoms with van der Waals surface area (Å²) in [6, 6.07) is 12.1. The van der Waals surface area contributed by atoms with Crippen LogP contribution in [0.1, 0.15) is 29.0 Å². The zero-order chi connectivity index (χ0) is 17.5. The van der Waals surface area contributed by atoms with Gasteiger partial charge in [0.2, 0.25) is 0 Å². The van der Waals surface area contributed by atoms with Gasteiger partial charge in [0.1, 0.15) is 18.0 Å². The van der Waals surface area contributed by atoms with Crippen LogP contribution in [-0.2, 0) is 0 Å². The van der Waals surface area contributed by atoms with E-state index in [0.717, 1.165) is 27.7 Å². The van der Waals surface area contributed by atoms with Gasteiger partial charge in [-0.1, -0.05) is 24.3 Å². The third kappa shape index (κ3) is 2.31. The molecule has 0 saturated heterocycles. The summed E-state index contributed by atoms with van der Waals surface area (Å²) in [5, 5.41) is 17.5. The summed E-state index contributed by atoms with van der Waals surface area (Å²) in [4.78, 5) is 4.36. The third-order valence-electron chi connectivity index (χ3n) is 4.66. The molecule has 0 fully saturated rings. The highest BCUT2D eigenvalue weighted by Gasteiger charge is 2.34. The smallest absolute Gasteiger partial charge is 0.137 e. The molecule has 1 aliphatic rings. The van der Waals surface area contributed by atoms with E-state index in [-0.39, 0.29) is 17.8 Å². The van der Waals surface area contributed by atoms with E-state index in [1.807, 2.05) is 18.2 Å². The number of rotatable bonds is 2. The van der Waals surface area contributed by atoms with Gasteiger partial charge in [0, 0.05) is 10.8 Å². The molecule has 5 rings (SSSR count). The number of H-pyrrole nitrogens is 1. The van der Waals surface area contributed by atoms with Crippen molar-refractivity contribution in [2.45, 2.75) is 12.0 Å². The van der Waals surface area contributed by atoms with E-state index in [9.17, 15) is 4.39 Å². The van der Waals surface area contributed by atoms with E-state index in [4.69, 9.17) is 0 Å². The van der Waals surface area contributed by atoms with E-state index >= 15 is 0 Å². The minimum Gasteiger partial charge on any atom is -0.320 e. The molecular formula is C18H14FN7. The molecule has 2 aromatic carbocycles. The summed E-state index contributed by atoms with van der Waals surface area (Å²) < 4.78 is 13.4. The van der Waals surface area contributed by atoms with Crippen LogP contribution in [0, 0.1) is 5.82 Å². The maximum Gasteiger partial charge on any atom is 0.137 e. The number of halogens is 1. The van der Waals surface area contributed by atoms with Gasteiger partial charge in [-0.05, 0) is 23.8 Å². The minimum absolute atomic E-state index is 0.254. The fourth-order valence-corrected chi connectivity index (χ4v) is 3.48. The molecule has 2 unspecified atom stereocenters. The quantitative estimate of drug-likeness (QED) is 0.516. The van der Waals surface area contributed by atoms with Crippen LogP contribution in [0.4, 0.5) is 10.1 Å². The van der Waals surface area contributed by atoms with Crippen molar-refractivity contribution < 1.29 is 4.39 Å². The molecule has 0 spiro atoms. The molecule has 0 saturated carbocycles. The topological polar surface area (TPSA) is 91.4 Å². The van der Waals surface area contributed by atoms with Crippen LogP contribution in [0.3, 0.4) is 0 Å². The Morgan fingerprint density at radius 1 is 1.04 bits per heavy atom. The Balaban J connectivity index is 1.76. The van der Waals surface area contributed by atoms with Crippen molar-refractivity contribution in [3.63, 3.8) is 0 Å². The summed E-state index contributed by atoms with van der Waals surface area (Å²) >= 11 is 0. The number of benzene rings is 2. The van der Waals surface area contributed by atoms with Crippen LogP contribution in [0.2, 0.25) is 0 Å². The maximum atomic E-state index is 13.4. The molecule has 128 valence electrons. The van der Waals surface area contributed by atoms with Gasteiger partial charge in [0.25, 0.3) is 0 Å². The first-order valence-electron chi connectivity index (χ1n) is 8.18. The van der Waals surface area contributed by atoms with Crippen LogP contribution in [0.15, 0.2) is 55.0 Å². The lowest BCUT2D eigenvalue weighted by molar-refractivity contribution is 0.504.